The molecule has 28 heavy (non-hydrogen) atoms. The summed E-state index contributed by atoms with van der Waals surface area (Å²) in [6.07, 6.45) is 2.76. The van der Waals surface area contributed by atoms with Crippen molar-refractivity contribution in [3.63, 3.8) is 0 Å². The van der Waals surface area contributed by atoms with Gasteiger partial charge in [0.1, 0.15) is 11.4 Å². The number of aliphatic hydroxyl groups excluding tert-OH is 1. The highest BCUT2D eigenvalue weighted by Gasteiger charge is 2.31. The molecule has 0 saturated carbocycles. The van der Waals surface area contributed by atoms with Crippen LogP contribution in [0.1, 0.15) is 21.6 Å². The molecule has 0 unspecified atom stereocenters. The fourth-order valence-corrected chi connectivity index (χ4v) is 3.53. The number of carbonyl (C=O) groups is 1. The summed E-state index contributed by atoms with van der Waals surface area (Å²) in [6, 6.07) is 3.36. The van der Waals surface area contributed by atoms with Crippen LogP contribution in [0.5, 0.6) is 11.6 Å². The van der Waals surface area contributed by atoms with Gasteiger partial charge in [0.25, 0.3) is 5.91 Å². The van der Waals surface area contributed by atoms with Gasteiger partial charge in [-0.05, 0) is 29.6 Å². The van der Waals surface area contributed by atoms with E-state index in [1.165, 1.54) is 12.4 Å². The zero-order chi connectivity index (χ0) is 19.7. The molecule has 3 N–H and O–H groups in total. The average molecular weight is 384 g/mol. The number of benzene rings is 1. The number of aromatic nitrogens is 2. The molecule has 1 fully saturated rings. The van der Waals surface area contributed by atoms with Crippen LogP contribution in [0.4, 0.5) is 0 Å². The van der Waals surface area contributed by atoms with Crippen LogP contribution in [0, 0.1) is 6.92 Å². The summed E-state index contributed by atoms with van der Waals surface area (Å²) in [5.41, 5.74) is 2.61. The fraction of sp³-hybridized carbons (Fsp3) is 0.389. The Morgan fingerprint density at radius 3 is 3.04 bits per heavy atom. The molecule has 1 aromatic heterocycles. The average Bonchev–Trinajstić information content (AvgIpc) is 3.11. The van der Waals surface area contributed by atoms with E-state index in [1.807, 2.05) is 13.0 Å². The van der Waals surface area contributed by atoms with Crippen LogP contribution in [0.15, 0.2) is 24.5 Å². The molecular weight excluding hydrogens is 363 g/mol. The van der Waals surface area contributed by atoms with Crippen molar-refractivity contribution in [3.05, 3.63) is 41.3 Å². The van der Waals surface area contributed by atoms with Crippen molar-refractivity contribution in [2.75, 3.05) is 26.2 Å². The van der Waals surface area contributed by atoms with Gasteiger partial charge in [0.15, 0.2) is 0 Å². The highest BCUT2D eigenvalue weighted by molar-refractivity contribution is 6.62. The first-order chi connectivity index (χ1) is 13.6. The molecule has 4 rings (SSSR count). The largest absolute Gasteiger partial charge is 0.492 e. The molecule has 9 nitrogen and oxygen atoms in total. The first-order valence-corrected chi connectivity index (χ1v) is 9.13. The Morgan fingerprint density at radius 2 is 2.29 bits per heavy atom. The molecule has 1 aromatic carbocycles. The van der Waals surface area contributed by atoms with Crippen molar-refractivity contribution in [1.29, 1.82) is 0 Å². The third-order valence-corrected chi connectivity index (χ3v) is 5.08. The van der Waals surface area contributed by atoms with Gasteiger partial charge in [-0.1, -0.05) is 6.07 Å². The van der Waals surface area contributed by atoms with Crippen LogP contribution < -0.4 is 15.5 Å². The van der Waals surface area contributed by atoms with Crippen molar-refractivity contribution < 1.29 is 24.3 Å². The first kappa shape index (κ1) is 18.8. The molecule has 0 aliphatic carbocycles. The summed E-state index contributed by atoms with van der Waals surface area (Å²) >= 11 is 0. The van der Waals surface area contributed by atoms with Crippen LogP contribution >= 0.6 is 0 Å². The van der Waals surface area contributed by atoms with Gasteiger partial charge in [-0.15, -0.1) is 0 Å². The SMILES string of the molecule is Cc1c(Oc2cnc(C(=O)N3CCNC[C@@H]3CO)cn2)ccc2c1B(O)OC2. The third-order valence-electron chi connectivity index (χ3n) is 5.08. The molecule has 3 heterocycles. The lowest BCUT2D eigenvalue weighted by molar-refractivity contribution is 0.0530. The molecule has 0 bridgehead atoms. The summed E-state index contributed by atoms with van der Waals surface area (Å²) in [4.78, 5) is 22.6. The molecule has 2 aliphatic heterocycles. The van der Waals surface area contributed by atoms with Gasteiger partial charge in [-0.3, -0.25) is 4.79 Å². The second-order valence-corrected chi connectivity index (χ2v) is 6.81. The topological polar surface area (TPSA) is 117 Å². The number of aliphatic hydroxyl groups is 1. The van der Waals surface area contributed by atoms with Crippen LogP contribution in [-0.4, -0.2) is 70.3 Å². The van der Waals surface area contributed by atoms with Crippen LogP contribution in [-0.2, 0) is 11.3 Å². The molecule has 146 valence electrons. The maximum Gasteiger partial charge on any atom is 0.492 e. The number of nitrogens with zero attached hydrogens (tertiary/aromatic N) is 3. The Kier molecular flexibility index (Phi) is 5.27. The molecular formula is C18H21BN4O5. The van der Waals surface area contributed by atoms with Crippen molar-refractivity contribution in [2.45, 2.75) is 19.6 Å². The maximum atomic E-state index is 12.7. The minimum Gasteiger partial charge on any atom is -0.437 e. The Morgan fingerprint density at radius 1 is 1.43 bits per heavy atom. The number of amides is 1. The van der Waals surface area contributed by atoms with Crippen LogP contribution in [0.2, 0.25) is 0 Å². The molecule has 2 aromatic rings. The smallest absolute Gasteiger partial charge is 0.437 e. The molecule has 0 spiro atoms. The number of fused-ring (bicyclic) bond motifs is 1. The summed E-state index contributed by atoms with van der Waals surface area (Å²) in [6.45, 7) is 3.82. The minimum atomic E-state index is -0.955. The zero-order valence-corrected chi connectivity index (χ0v) is 15.5. The van der Waals surface area contributed by atoms with Gasteiger partial charge in [0, 0.05) is 19.6 Å². The summed E-state index contributed by atoms with van der Waals surface area (Å²) in [5.74, 6) is 0.514. The lowest BCUT2D eigenvalue weighted by atomic mass is 9.76. The number of nitrogens with one attached hydrogen (secondary N) is 1. The van der Waals surface area contributed by atoms with Gasteiger partial charge in [-0.2, -0.15) is 0 Å². The normalized spacial score (nSPS) is 18.9. The van der Waals surface area contributed by atoms with E-state index >= 15 is 0 Å². The van der Waals surface area contributed by atoms with Gasteiger partial charge in [0.05, 0.1) is 31.6 Å². The second kappa shape index (κ2) is 7.84. The Bertz CT molecular complexity index is 879. The number of carbonyl (C=O) groups excluding carboxylic acids is 1. The van der Waals surface area contributed by atoms with Gasteiger partial charge >= 0.3 is 7.12 Å². The number of hydrogen-bond acceptors (Lipinski definition) is 8. The van der Waals surface area contributed by atoms with E-state index in [-0.39, 0.29) is 30.1 Å². The van der Waals surface area contributed by atoms with E-state index in [4.69, 9.17) is 9.39 Å². The monoisotopic (exact) mass is 384 g/mol. The van der Waals surface area contributed by atoms with Gasteiger partial charge in [0.2, 0.25) is 5.88 Å². The highest BCUT2D eigenvalue weighted by Crippen LogP contribution is 2.25. The summed E-state index contributed by atoms with van der Waals surface area (Å²) in [5, 5.41) is 22.6. The van der Waals surface area contributed by atoms with E-state index in [1.54, 1.807) is 11.0 Å². The fourth-order valence-electron chi connectivity index (χ4n) is 3.53. The third kappa shape index (κ3) is 3.47. The molecule has 1 saturated heterocycles. The number of piperazine rings is 1. The molecule has 1 amide bonds. The van der Waals surface area contributed by atoms with Crippen molar-refractivity contribution in [2.24, 2.45) is 0 Å². The predicted molar refractivity (Wildman–Crippen MR) is 100 cm³/mol. The molecule has 2 aliphatic rings. The Hall–Kier alpha value is -2.53. The van der Waals surface area contributed by atoms with Crippen LogP contribution in [0.25, 0.3) is 0 Å². The highest BCUT2D eigenvalue weighted by atomic mass is 16.5. The van der Waals surface area contributed by atoms with Crippen LogP contribution in [0.3, 0.4) is 0 Å². The predicted octanol–water partition coefficient (Wildman–Crippen LogP) is -0.799. The van der Waals surface area contributed by atoms with E-state index in [0.717, 1.165) is 11.1 Å². The molecule has 10 heteroatoms. The quantitative estimate of drug-likeness (QED) is 0.587. The van der Waals surface area contributed by atoms with E-state index in [2.05, 4.69) is 15.3 Å². The van der Waals surface area contributed by atoms with E-state index < -0.39 is 7.12 Å². The maximum absolute atomic E-state index is 12.7. The second-order valence-electron chi connectivity index (χ2n) is 6.81. The van der Waals surface area contributed by atoms with Gasteiger partial charge < -0.3 is 29.7 Å². The zero-order valence-electron chi connectivity index (χ0n) is 15.5. The lowest BCUT2D eigenvalue weighted by Crippen LogP contribution is -2.55. The van der Waals surface area contributed by atoms with Crippen molar-refractivity contribution >= 4 is 18.5 Å². The standard InChI is InChI=1S/C18H21BN4O5/c1-11-15(3-2-12-10-27-19(26)17(11)12)28-16-8-21-14(7-22-16)18(25)23-5-4-20-6-13(23)9-24/h2-3,7-8,13,20,24,26H,4-6,9-10H2,1H3/t13-/m1/s1. The lowest BCUT2D eigenvalue weighted by Gasteiger charge is -2.34. The number of hydrogen-bond donors (Lipinski definition) is 3. The number of ether oxygens (including phenoxy) is 1. The molecule has 1 atom stereocenters. The van der Waals surface area contributed by atoms with E-state index in [0.29, 0.717) is 37.5 Å². The summed E-state index contributed by atoms with van der Waals surface area (Å²) < 4.78 is 11.0. The number of rotatable bonds is 4. The van der Waals surface area contributed by atoms with E-state index in [9.17, 15) is 14.9 Å². The Labute approximate surface area is 162 Å². The van der Waals surface area contributed by atoms with Gasteiger partial charge in [-0.25, -0.2) is 9.97 Å². The van der Waals surface area contributed by atoms with Crippen molar-refractivity contribution in [1.82, 2.24) is 20.2 Å². The Balaban J connectivity index is 1.50. The molecule has 0 radical (unpaired) electrons. The minimum absolute atomic E-state index is 0.111. The van der Waals surface area contributed by atoms with Crippen molar-refractivity contribution in [3.8, 4) is 11.6 Å². The summed E-state index contributed by atoms with van der Waals surface area (Å²) in [7, 11) is -0.955. The first-order valence-electron chi connectivity index (χ1n) is 9.13.